The molecule has 6 nitrogen and oxygen atoms in total. The molecule has 1 aliphatic heterocycles. The Hall–Kier alpha value is -3.59. The molecule has 1 saturated heterocycles. The fourth-order valence-electron chi connectivity index (χ4n) is 4.92. The van der Waals surface area contributed by atoms with E-state index in [9.17, 15) is 18.0 Å². The van der Waals surface area contributed by atoms with Gasteiger partial charge in [-0.1, -0.05) is 63.2 Å². The van der Waals surface area contributed by atoms with Crippen molar-refractivity contribution >= 4 is 11.7 Å². The molecule has 4 rings (SSSR count). The van der Waals surface area contributed by atoms with Gasteiger partial charge in [-0.05, 0) is 66.3 Å². The van der Waals surface area contributed by atoms with Crippen LogP contribution in [0.3, 0.4) is 0 Å². The lowest BCUT2D eigenvalue weighted by Crippen LogP contribution is -2.33. The highest BCUT2D eigenvalue weighted by Crippen LogP contribution is 2.36. The zero-order valence-electron chi connectivity index (χ0n) is 22.7. The van der Waals surface area contributed by atoms with E-state index in [0.717, 1.165) is 16.9 Å². The van der Waals surface area contributed by atoms with Crippen molar-refractivity contribution in [3.8, 4) is 5.75 Å². The number of carbonyl (C=O) groups excluding carboxylic acids is 1. The summed E-state index contributed by atoms with van der Waals surface area (Å²) in [6, 6.07) is 19.5. The third-order valence-electron chi connectivity index (χ3n) is 7.00. The zero-order chi connectivity index (χ0) is 28.2. The van der Waals surface area contributed by atoms with Crippen molar-refractivity contribution in [2.45, 2.75) is 57.6 Å². The third kappa shape index (κ3) is 7.29. The maximum absolute atomic E-state index is 13.7. The lowest BCUT2D eigenvalue weighted by atomic mass is 9.86. The summed E-state index contributed by atoms with van der Waals surface area (Å²) in [7, 11) is 1.97. The molecule has 3 aromatic rings. The van der Waals surface area contributed by atoms with Crippen LogP contribution >= 0.6 is 0 Å². The first-order valence-electron chi connectivity index (χ1n) is 13.0. The Labute approximate surface area is 227 Å². The van der Waals surface area contributed by atoms with Gasteiger partial charge in [0, 0.05) is 19.3 Å². The molecule has 208 valence electrons. The SMILES string of the molecule is CN1C(c2ccc(C(C)(C)C)cc2)N(CCc2ccc(OC(F)(F)F)cc2)C(=O)[C@@H]1CCNc1ccccn1. The maximum atomic E-state index is 13.7. The first-order chi connectivity index (χ1) is 18.4. The lowest BCUT2D eigenvalue weighted by molar-refractivity contribution is -0.274. The molecular formula is C30H35F3N4O2. The number of nitrogens with one attached hydrogen (secondary N) is 1. The molecule has 0 radical (unpaired) electrons. The predicted octanol–water partition coefficient (Wildman–Crippen LogP) is 6.16. The van der Waals surface area contributed by atoms with Gasteiger partial charge >= 0.3 is 6.36 Å². The van der Waals surface area contributed by atoms with Gasteiger partial charge in [-0.3, -0.25) is 9.69 Å². The molecule has 9 heteroatoms. The number of ether oxygens (including phenoxy) is 1. The molecule has 1 N–H and O–H groups in total. The lowest BCUT2D eigenvalue weighted by Gasteiger charge is -2.30. The summed E-state index contributed by atoms with van der Waals surface area (Å²) in [6.07, 6.45) is -2.16. The highest BCUT2D eigenvalue weighted by Gasteiger charge is 2.44. The zero-order valence-corrected chi connectivity index (χ0v) is 22.7. The van der Waals surface area contributed by atoms with Gasteiger partial charge in [-0.15, -0.1) is 13.2 Å². The molecule has 0 aliphatic carbocycles. The minimum Gasteiger partial charge on any atom is -0.406 e. The van der Waals surface area contributed by atoms with Gasteiger partial charge < -0.3 is 15.0 Å². The number of nitrogens with zero attached hydrogens (tertiary/aromatic N) is 3. The van der Waals surface area contributed by atoms with Crippen LogP contribution in [-0.2, 0) is 16.6 Å². The number of benzene rings is 2. The third-order valence-corrected chi connectivity index (χ3v) is 7.00. The molecule has 1 aliphatic rings. The van der Waals surface area contributed by atoms with Crippen molar-refractivity contribution in [3.05, 3.63) is 89.6 Å². The number of halogens is 3. The summed E-state index contributed by atoms with van der Waals surface area (Å²) in [6.45, 7) is 7.50. The Morgan fingerprint density at radius 2 is 1.67 bits per heavy atom. The summed E-state index contributed by atoms with van der Waals surface area (Å²) in [5.41, 5.74) is 3.06. The van der Waals surface area contributed by atoms with Gasteiger partial charge in [0.2, 0.25) is 5.91 Å². The van der Waals surface area contributed by atoms with E-state index >= 15 is 0 Å². The fourth-order valence-corrected chi connectivity index (χ4v) is 4.92. The Morgan fingerprint density at radius 1 is 0.974 bits per heavy atom. The number of anilines is 1. The number of aromatic nitrogens is 1. The van der Waals surface area contributed by atoms with Gasteiger partial charge in [0.1, 0.15) is 17.7 Å². The van der Waals surface area contributed by atoms with Crippen molar-refractivity contribution < 1.29 is 22.7 Å². The van der Waals surface area contributed by atoms with Crippen LogP contribution in [0.5, 0.6) is 5.75 Å². The Bertz CT molecular complexity index is 1230. The number of likely N-dealkylation sites (N-methyl/N-ethyl adjacent to an activating group) is 1. The molecule has 2 aromatic carbocycles. The first-order valence-corrected chi connectivity index (χ1v) is 13.0. The van der Waals surface area contributed by atoms with E-state index in [1.807, 2.05) is 30.1 Å². The summed E-state index contributed by atoms with van der Waals surface area (Å²) in [5.74, 6) is 0.525. The van der Waals surface area contributed by atoms with E-state index in [0.29, 0.717) is 25.9 Å². The number of pyridine rings is 1. The van der Waals surface area contributed by atoms with Gasteiger partial charge in [0.15, 0.2) is 0 Å². The van der Waals surface area contributed by atoms with E-state index in [2.05, 4.69) is 65.0 Å². The fraction of sp³-hybridized carbons (Fsp3) is 0.400. The number of alkyl halides is 3. The van der Waals surface area contributed by atoms with Crippen LogP contribution in [0.25, 0.3) is 0 Å². The quantitative estimate of drug-likeness (QED) is 0.352. The summed E-state index contributed by atoms with van der Waals surface area (Å²) < 4.78 is 41.5. The number of amides is 1. The molecule has 2 atom stereocenters. The minimum atomic E-state index is -4.73. The van der Waals surface area contributed by atoms with Crippen LogP contribution in [-0.4, -0.2) is 53.2 Å². The number of carbonyl (C=O) groups is 1. The van der Waals surface area contributed by atoms with Gasteiger partial charge in [-0.25, -0.2) is 4.98 Å². The summed E-state index contributed by atoms with van der Waals surface area (Å²) >= 11 is 0. The molecule has 1 amide bonds. The van der Waals surface area contributed by atoms with Crippen LogP contribution in [0.4, 0.5) is 19.0 Å². The number of rotatable bonds is 9. The normalized spacial score (nSPS) is 18.4. The molecule has 0 saturated carbocycles. The number of hydrogen-bond donors (Lipinski definition) is 1. The molecule has 1 unspecified atom stereocenters. The van der Waals surface area contributed by atoms with Crippen molar-refractivity contribution in [1.29, 1.82) is 0 Å². The first kappa shape index (κ1) is 28.4. The van der Waals surface area contributed by atoms with Crippen LogP contribution in [0.2, 0.25) is 0 Å². The smallest absolute Gasteiger partial charge is 0.406 e. The van der Waals surface area contributed by atoms with Crippen molar-refractivity contribution in [2.24, 2.45) is 0 Å². The largest absolute Gasteiger partial charge is 0.573 e. The second kappa shape index (κ2) is 11.7. The maximum Gasteiger partial charge on any atom is 0.573 e. The average molecular weight is 541 g/mol. The second-order valence-corrected chi connectivity index (χ2v) is 10.8. The number of hydrogen-bond acceptors (Lipinski definition) is 5. The molecule has 1 fully saturated rings. The van der Waals surface area contributed by atoms with Gasteiger partial charge in [-0.2, -0.15) is 0 Å². The monoisotopic (exact) mass is 540 g/mol. The highest BCUT2D eigenvalue weighted by atomic mass is 19.4. The topological polar surface area (TPSA) is 57.7 Å². The van der Waals surface area contributed by atoms with Gasteiger partial charge in [0.05, 0.1) is 6.04 Å². The van der Waals surface area contributed by atoms with E-state index in [1.165, 1.54) is 17.7 Å². The van der Waals surface area contributed by atoms with Crippen LogP contribution in [0.15, 0.2) is 72.9 Å². The Balaban J connectivity index is 1.51. The summed E-state index contributed by atoms with van der Waals surface area (Å²) in [4.78, 5) is 22.0. The molecule has 1 aromatic heterocycles. The molecule has 0 spiro atoms. The predicted molar refractivity (Wildman–Crippen MR) is 145 cm³/mol. The summed E-state index contributed by atoms with van der Waals surface area (Å²) in [5, 5.41) is 3.28. The van der Waals surface area contributed by atoms with Crippen molar-refractivity contribution in [2.75, 3.05) is 25.5 Å². The minimum absolute atomic E-state index is 0.0112. The van der Waals surface area contributed by atoms with E-state index in [4.69, 9.17) is 0 Å². The van der Waals surface area contributed by atoms with Crippen LogP contribution in [0, 0.1) is 0 Å². The van der Waals surface area contributed by atoms with Crippen molar-refractivity contribution in [3.63, 3.8) is 0 Å². The molecule has 0 bridgehead atoms. The highest BCUT2D eigenvalue weighted by molar-refractivity contribution is 5.84. The van der Waals surface area contributed by atoms with Crippen LogP contribution in [0.1, 0.15) is 50.0 Å². The molecule has 2 heterocycles. The van der Waals surface area contributed by atoms with E-state index in [-0.39, 0.29) is 29.3 Å². The van der Waals surface area contributed by atoms with E-state index < -0.39 is 6.36 Å². The van der Waals surface area contributed by atoms with E-state index in [1.54, 1.807) is 18.3 Å². The average Bonchev–Trinajstić information content (AvgIpc) is 3.12. The standard InChI is InChI=1S/C30H35F3N4O2/c1-29(2,3)23-12-10-22(11-13-23)27-36(4)25(16-19-35-26-7-5-6-18-34-26)28(38)37(27)20-17-21-8-14-24(15-9-21)39-30(31,32)33/h5-15,18,25,27H,16-17,19-20H2,1-4H3,(H,34,35)/t25-,27?/m0/s1. The van der Waals surface area contributed by atoms with Gasteiger partial charge in [0.25, 0.3) is 0 Å². The molecular weight excluding hydrogens is 505 g/mol. The molecule has 39 heavy (non-hydrogen) atoms. The van der Waals surface area contributed by atoms with Crippen LogP contribution < -0.4 is 10.1 Å². The Kier molecular flexibility index (Phi) is 8.49. The Morgan fingerprint density at radius 3 is 2.26 bits per heavy atom. The van der Waals surface area contributed by atoms with Crippen molar-refractivity contribution in [1.82, 2.24) is 14.8 Å². The second-order valence-electron chi connectivity index (χ2n) is 10.8.